The summed E-state index contributed by atoms with van der Waals surface area (Å²) in [6, 6.07) is 0. The van der Waals surface area contributed by atoms with Crippen LogP contribution in [-0.4, -0.2) is 29.2 Å². The molecule has 16 heavy (non-hydrogen) atoms. The Morgan fingerprint density at radius 1 is 1.25 bits per heavy atom. The number of halogens is 1. The van der Waals surface area contributed by atoms with E-state index in [4.69, 9.17) is 0 Å². The molecule has 0 bridgehead atoms. The number of amides is 1. The van der Waals surface area contributed by atoms with Crippen LogP contribution in [0.3, 0.4) is 0 Å². The third kappa shape index (κ3) is 1.81. The first-order chi connectivity index (χ1) is 7.81. The highest BCUT2D eigenvalue weighted by Crippen LogP contribution is 2.58. The Hall–Kier alpha value is -0.0500. The lowest BCUT2D eigenvalue weighted by Gasteiger charge is -2.17. The zero-order chi connectivity index (χ0) is 11.1. The SMILES string of the molecule is O=C(C1C2CCCC21)N1CCC(CCBr)C1. The van der Waals surface area contributed by atoms with Crippen molar-refractivity contribution in [2.45, 2.75) is 32.1 Å². The molecule has 1 heterocycles. The number of fused-ring (bicyclic) bond motifs is 1. The summed E-state index contributed by atoms with van der Waals surface area (Å²) >= 11 is 3.49. The molecule has 2 aliphatic carbocycles. The molecule has 3 heteroatoms. The van der Waals surface area contributed by atoms with Crippen LogP contribution in [0.5, 0.6) is 0 Å². The van der Waals surface area contributed by atoms with Crippen molar-refractivity contribution in [3.63, 3.8) is 0 Å². The molecule has 0 spiro atoms. The van der Waals surface area contributed by atoms with Gasteiger partial charge in [0.1, 0.15) is 0 Å². The van der Waals surface area contributed by atoms with Crippen LogP contribution in [0.1, 0.15) is 32.1 Å². The largest absolute Gasteiger partial charge is 0.342 e. The van der Waals surface area contributed by atoms with E-state index in [2.05, 4.69) is 20.8 Å². The van der Waals surface area contributed by atoms with E-state index >= 15 is 0 Å². The Bertz CT molecular complexity index is 284. The number of carbonyl (C=O) groups excluding carboxylic acids is 1. The Morgan fingerprint density at radius 3 is 2.69 bits per heavy atom. The molecular weight excluding hydrogens is 266 g/mol. The van der Waals surface area contributed by atoms with Gasteiger partial charge in [-0.3, -0.25) is 4.79 Å². The van der Waals surface area contributed by atoms with Gasteiger partial charge in [-0.25, -0.2) is 0 Å². The second-order valence-corrected chi connectivity index (χ2v) is 6.49. The van der Waals surface area contributed by atoms with Crippen molar-refractivity contribution >= 4 is 21.8 Å². The van der Waals surface area contributed by atoms with Gasteiger partial charge in [0.15, 0.2) is 0 Å². The number of carbonyl (C=O) groups is 1. The molecule has 0 aromatic carbocycles. The van der Waals surface area contributed by atoms with Crippen molar-refractivity contribution in [3.8, 4) is 0 Å². The van der Waals surface area contributed by atoms with Gasteiger partial charge in [0, 0.05) is 24.3 Å². The maximum Gasteiger partial charge on any atom is 0.226 e. The maximum atomic E-state index is 12.3. The van der Waals surface area contributed by atoms with E-state index in [0.717, 1.165) is 36.2 Å². The normalized spacial score (nSPS) is 41.2. The van der Waals surface area contributed by atoms with Crippen LogP contribution in [0.4, 0.5) is 0 Å². The minimum Gasteiger partial charge on any atom is -0.342 e. The first-order valence-electron chi connectivity index (χ1n) is 6.66. The second kappa shape index (κ2) is 4.32. The summed E-state index contributed by atoms with van der Waals surface area (Å²) in [6.45, 7) is 2.05. The van der Waals surface area contributed by atoms with Crippen molar-refractivity contribution in [1.29, 1.82) is 0 Å². The van der Waals surface area contributed by atoms with Gasteiger partial charge in [-0.1, -0.05) is 22.4 Å². The average molecular weight is 286 g/mol. The Balaban J connectivity index is 1.53. The fourth-order valence-electron chi connectivity index (χ4n) is 3.82. The lowest BCUT2D eigenvalue weighted by Crippen LogP contribution is -2.31. The third-order valence-corrected chi connectivity index (χ3v) is 5.26. The summed E-state index contributed by atoms with van der Waals surface area (Å²) in [6.07, 6.45) is 6.45. The molecule has 2 saturated carbocycles. The average Bonchev–Trinajstić information content (AvgIpc) is 2.73. The van der Waals surface area contributed by atoms with Crippen LogP contribution in [0.25, 0.3) is 0 Å². The molecule has 2 nitrogen and oxygen atoms in total. The molecule has 1 saturated heterocycles. The Kier molecular flexibility index (Phi) is 2.99. The monoisotopic (exact) mass is 285 g/mol. The van der Waals surface area contributed by atoms with Gasteiger partial charge < -0.3 is 4.90 Å². The summed E-state index contributed by atoms with van der Waals surface area (Å²) < 4.78 is 0. The van der Waals surface area contributed by atoms with Crippen molar-refractivity contribution in [2.24, 2.45) is 23.7 Å². The minimum absolute atomic E-state index is 0.441. The van der Waals surface area contributed by atoms with Crippen LogP contribution in [0.15, 0.2) is 0 Å². The molecule has 3 rings (SSSR count). The van der Waals surface area contributed by atoms with Gasteiger partial charge in [0.2, 0.25) is 5.91 Å². The highest BCUT2D eigenvalue weighted by Gasteiger charge is 2.57. The van der Waals surface area contributed by atoms with Crippen molar-refractivity contribution in [3.05, 3.63) is 0 Å². The van der Waals surface area contributed by atoms with E-state index < -0.39 is 0 Å². The standard InChI is InChI=1S/C13H20BrNO/c14-6-4-9-5-7-15(8-9)13(16)12-10-2-1-3-11(10)12/h9-12H,1-8H2. The van der Waals surface area contributed by atoms with E-state index in [1.54, 1.807) is 0 Å². The summed E-state index contributed by atoms with van der Waals surface area (Å²) in [7, 11) is 0. The minimum atomic E-state index is 0.441. The fourth-order valence-corrected chi connectivity index (χ4v) is 4.47. The molecule has 0 radical (unpaired) electrons. The number of alkyl halides is 1. The Labute approximate surface area is 106 Å². The lowest BCUT2D eigenvalue weighted by atomic mass is 10.1. The highest BCUT2D eigenvalue weighted by atomic mass is 79.9. The molecule has 3 fully saturated rings. The van der Waals surface area contributed by atoms with Crippen LogP contribution in [0, 0.1) is 23.7 Å². The first kappa shape index (κ1) is 11.1. The van der Waals surface area contributed by atoms with Crippen LogP contribution >= 0.6 is 15.9 Å². The predicted molar refractivity (Wildman–Crippen MR) is 67.4 cm³/mol. The molecule has 1 aliphatic heterocycles. The van der Waals surface area contributed by atoms with Gasteiger partial charge >= 0.3 is 0 Å². The highest BCUT2D eigenvalue weighted by molar-refractivity contribution is 9.09. The maximum absolute atomic E-state index is 12.3. The van der Waals surface area contributed by atoms with Gasteiger partial charge in [-0.15, -0.1) is 0 Å². The molecule has 3 aliphatic rings. The molecule has 1 amide bonds. The van der Waals surface area contributed by atoms with Crippen LogP contribution < -0.4 is 0 Å². The van der Waals surface area contributed by atoms with Crippen molar-refractivity contribution in [1.82, 2.24) is 4.90 Å². The predicted octanol–water partition coefficient (Wildman–Crippen LogP) is 2.67. The number of nitrogens with zero attached hydrogens (tertiary/aromatic N) is 1. The van der Waals surface area contributed by atoms with Gasteiger partial charge in [0.05, 0.1) is 0 Å². The zero-order valence-electron chi connectivity index (χ0n) is 9.70. The molecule has 3 unspecified atom stereocenters. The number of rotatable bonds is 3. The number of likely N-dealkylation sites (tertiary alicyclic amines) is 1. The molecule has 0 aromatic heterocycles. The quantitative estimate of drug-likeness (QED) is 0.730. The fraction of sp³-hybridized carbons (Fsp3) is 0.923. The topological polar surface area (TPSA) is 20.3 Å². The summed E-state index contributed by atoms with van der Waals surface area (Å²) in [5.41, 5.74) is 0. The summed E-state index contributed by atoms with van der Waals surface area (Å²) in [5, 5.41) is 1.08. The van der Waals surface area contributed by atoms with Crippen LogP contribution in [-0.2, 0) is 4.79 Å². The van der Waals surface area contributed by atoms with Crippen LogP contribution in [0.2, 0.25) is 0 Å². The lowest BCUT2D eigenvalue weighted by molar-refractivity contribution is -0.132. The summed E-state index contributed by atoms with van der Waals surface area (Å²) in [4.78, 5) is 14.4. The van der Waals surface area contributed by atoms with E-state index in [1.165, 1.54) is 32.1 Å². The smallest absolute Gasteiger partial charge is 0.226 e. The number of hydrogen-bond donors (Lipinski definition) is 0. The molecule has 3 atom stereocenters. The molecule has 90 valence electrons. The van der Waals surface area contributed by atoms with Gasteiger partial charge in [0.25, 0.3) is 0 Å². The first-order valence-corrected chi connectivity index (χ1v) is 7.78. The second-order valence-electron chi connectivity index (χ2n) is 5.70. The Morgan fingerprint density at radius 2 is 2.00 bits per heavy atom. The molecule has 0 N–H and O–H groups in total. The van der Waals surface area contributed by atoms with E-state index in [9.17, 15) is 4.79 Å². The van der Waals surface area contributed by atoms with E-state index in [-0.39, 0.29) is 0 Å². The van der Waals surface area contributed by atoms with Crippen molar-refractivity contribution in [2.75, 3.05) is 18.4 Å². The number of hydrogen-bond acceptors (Lipinski definition) is 1. The zero-order valence-corrected chi connectivity index (χ0v) is 11.3. The van der Waals surface area contributed by atoms with Gasteiger partial charge in [-0.05, 0) is 43.4 Å². The van der Waals surface area contributed by atoms with E-state index in [1.807, 2.05) is 0 Å². The molecule has 0 aromatic rings. The van der Waals surface area contributed by atoms with Crippen molar-refractivity contribution < 1.29 is 4.79 Å². The third-order valence-electron chi connectivity index (χ3n) is 4.81. The van der Waals surface area contributed by atoms with Gasteiger partial charge in [-0.2, -0.15) is 0 Å². The summed E-state index contributed by atoms with van der Waals surface area (Å²) in [5.74, 6) is 3.25. The molecular formula is C13H20BrNO. The van der Waals surface area contributed by atoms with E-state index in [0.29, 0.717) is 11.8 Å².